The van der Waals surface area contributed by atoms with E-state index in [1.54, 1.807) is 11.3 Å². The first-order valence-corrected chi connectivity index (χ1v) is 7.53. The van der Waals surface area contributed by atoms with E-state index in [9.17, 15) is 0 Å². The lowest BCUT2D eigenvalue weighted by atomic mass is 9.93. The largest absolute Gasteiger partial charge is 0.486 e. The molecular weight excluding hydrogens is 254 g/mol. The van der Waals surface area contributed by atoms with Crippen LogP contribution < -0.4 is 10.1 Å². The lowest BCUT2D eigenvalue weighted by Gasteiger charge is -2.29. The second-order valence-electron chi connectivity index (χ2n) is 5.58. The van der Waals surface area contributed by atoms with Crippen molar-refractivity contribution >= 4 is 11.3 Å². The molecule has 0 amide bonds. The number of hydrogen-bond acceptors (Lipinski definition) is 3. The van der Waals surface area contributed by atoms with Crippen molar-refractivity contribution in [1.82, 2.24) is 5.32 Å². The summed E-state index contributed by atoms with van der Waals surface area (Å²) in [6.45, 7) is 6.50. The normalized spacial score (nSPS) is 21.7. The van der Waals surface area contributed by atoms with Gasteiger partial charge in [-0.25, -0.2) is 0 Å². The van der Waals surface area contributed by atoms with Crippen molar-refractivity contribution in [2.24, 2.45) is 0 Å². The minimum absolute atomic E-state index is 0.213. The summed E-state index contributed by atoms with van der Waals surface area (Å²) in [4.78, 5) is 1.36. The van der Waals surface area contributed by atoms with Gasteiger partial charge in [-0.15, -0.1) is 11.3 Å². The number of hydrogen-bond donors (Lipinski definition) is 1. The zero-order valence-electron chi connectivity index (χ0n) is 11.5. The maximum Gasteiger partial charge on any atom is 0.125 e. The summed E-state index contributed by atoms with van der Waals surface area (Å²) in [5.74, 6) is 1.00. The number of benzene rings is 1. The molecule has 1 aromatic carbocycles. The van der Waals surface area contributed by atoms with E-state index in [4.69, 9.17) is 4.74 Å². The van der Waals surface area contributed by atoms with E-state index in [1.807, 2.05) is 6.07 Å². The first kappa shape index (κ1) is 12.7. The van der Waals surface area contributed by atoms with Crippen LogP contribution >= 0.6 is 11.3 Å². The maximum atomic E-state index is 6.07. The molecule has 0 aliphatic carbocycles. The SMILES string of the molecule is C[C@@H](NC1c2ccccc2OC1(C)C)c1cccs1. The van der Waals surface area contributed by atoms with Gasteiger partial charge in [-0.1, -0.05) is 24.3 Å². The molecule has 19 heavy (non-hydrogen) atoms. The Morgan fingerprint density at radius 3 is 2.74 bits per heavy atom. The summed E-state index contributed by atoms with van der Waals surface area (Å²) in [6, 6.07) is 13.1. The van der Waals surface area contributed by atoms with Crippen molar-refractivity contribution in [3.8, 4) is 5.75 Å². The number of ether oxygens (including phenoxy) is 1. The Kier molecular flexibility index (Phi) is 3.11. The molecule has 2 heterocycles. The first-order valence-electron chi connectivity index (χ1n) is 6.65. The summed E-state index contributed by atoms with van der Waals surface area (Å²) in [5, 5.41) is 5.84. The van der Waals surface area contributed by atoms with Crippen LogP contribution in [0.25, 0.3) is 0 Å². The Hall–Kier alpha value is -1.32. The molecule has 0 saturated carbocycles. The van der Waals surface area contributed by atoms with Gasteiger partial charge in [0.15, 0.2) is 0 Å². The number of fused-ring (bicyclic) bond motifs is 1. The molecule has 0 saturated heterocycles. The van der Waals surface area contributed by atoms with Crippen LogP contribution in [0.1, 0.15) is 43.3 Å². The molecule has 0 fully saturated rings. The van der Waals surface area contributed by atoms with Crippen LogP contribution in [0.15, 0.2) is 41.8 Å². The summed E-state index contributed by atoms with van der Waals surface area (Å²) in [5.41, 5.74) is 1.05. The molecule has 3 heteroatoms. The van der Waals surface area contributed by atoms with Gasteiger partial charge < -0.3 is 4.74 Å². The van der Waals surface area contributed by atoms with Gasteiger partial charge in [-0.05, 0) is 38.3 Å². The maximum absolute atomic E-state index is 6.07. The van der Waals surface area contributed by atoms with Crippen LogP contribution in [-0.2, 0) is 0 Å². The number of nitrogens with one attached hydrogen (secondary N) is 1. The highest BCUT2D eigenvalue weighted by Gasteiger charge is 2.41. The topological polar surface area (TPSA) is 21.3 Å². The average molecular weight is 273 g/mol. The van der Waals surface area contributed by atoms with Crippen LogP contribution in [0.4, 0.5) is 0 Å². The first-order chi connectivity index (χ1) is 9.08. The third kappa shape index (κ3) is 2.28. The van der Waals surface area contributed by atoms with Gasteiger partial charge in [-0.3, -0.25) is 5.32 Å². The molecule has 1 N–H and O–H groups in total. The van der Waals surface area contributed by atoms with Crippen LogP contribution in [0.5, 0.6) is 5.75 Å². The fourth-order valence-electron chi connectivity index (χ4n) is 2.69. The molecular formula is C16H19NOS. The molecule has 0 radical (unpaired) electrons. The lowest BCUT2D eigenvalue weighted by Crippen LogP contribution is -2.40. The van der Waals surface area contributed by atoms with E-state index < -0.39 is 0 Å². The highest BCUT2D eigenvalue weighted by Crippen LogP contribution is 2.43. The summed E-state index contributed by atoms with van der Waals surface area (Å²) >= 11 is 1.79. The number of rotatable bonds is 3. The predicted octanol–water partition coefficient (Wildman–Crippen LogP) is 4.31. The molecule has 0 bridgehead atoms. The van der Waals surface area contributed by atoms with Crippen LogP contribution in [0, 0.1) is 0 Å². The number of thiophene rings is 1. The lowest BCUT2D eigenvalue weighted by molar-refractivity contribution is 0.0921. The molecule has 3 rings (SSSR count). The predicted molar refractivity (Wildman–Crippen MR) is 79.8 cm³/mol. The van der Waals surface area contributed by atoms with E-state index in [0.29, 0.717) is 6.04 Å². The molecule has 1 aliphatic heterocycles. The Bertz CT molecular complexity index is 562. The molecule has 2 atom stereocenters. The summed E-state index contributed by atoms with van der Waals surface area (Å²) < 4.78 is 6.07. The highest BCUT2D eigenvalue weighted by molar-refractivity contribution is 7.10. The summed E-state index contributed by atoms with van der Waals surface area (Å²) in [7, 11) is 0. The van der Waals surface area contributed by atoms with Gasteiger partial charge >= 0.3 is 0 Å². The van der Waals surface area contributed by atoms with Gasteiger partial charge in [0.1, 0.15) is 11.4 Å². The molecule has 1 aromatic heterocycles. The van der Waals surface area contributed by atoms with Gasteiger partial charge in [-0.2, -0.15) is 0 Å². The Morgan fingerprint density at radius 2 is 2.00 bits per heavy atom. The standard InChI is InChI=1S/C16H19NOS/c1-11(14-9-6-10-19-14)17-15-12-7-4-5-8-13(12)18-16(15,2)3/h4-11,15,17H,1-3H3/t11-,15?/m1/s1. The molecule has 2 aromatic rings. The van der Waals surface area contributed by atoms with E-state index in [1.165, 1.54) is 10.4 Å². The fourth-order valence-corrected chi connectivity index (χ4v) is 3.43. The second kappa shape index (κ2) is 4.66. The van der Waals surface area contributed by atoms with Gasteiger partial charge in [0.2, 0.25) is 0 Å². The minimum Gasteiger partial charge on any atom is -0.486 e. The van der Waals surface area contributed by atoms with Crippen LogP contribution in [0.2, 0.25) is 0 Å². The van der Waals surface area contributed by atoms with Crippen LogP contribution in [-0.4, -0.2) is 5.60 Å². The van der Waals surface area contributed by atoms with Gasteiger partial charge in [0.25, 0.3) is 0 Å². The highest BCUT2D eigenvalue weighted by atomic mass is 32.1. The van der Waals surface area contributed by atoms with Crippen molar-refractivity contribution in [2.75, 3.05) is 0 Å². The average Bonchev–Trinajstić information content (AvgIpc) is 2.96. The van der Waals surface area contributed by atoms with E-state index in [0.717, 1.165) is 5.75 Å². The van der Waals surface area contributed by atoms with Crippen LogP contribution in [0.3, 0.4) is 0 Å². The van der Waals surface area contributed by atoms with E-state index in [-0.39, 0.29) is 11.6 Å². The van der Waals surface area contributed by atoms with Crippen molar-refractivity contribution in [3.05, 3.63) is 52.2 Å². The minimum atomic E-state index is -0.213. The summed E-state index contributed by atoms with van der Waals surface area (Å²) in [6.07, 6.45) is 0. The molecule has 2 nitrogen and oxygen atoms in total. The Morgan fingerprint density at radius 1 is 1.21 bits per heavy atom. The van der Waals surface area contributed by atoms with Gasteiger partial charge in [0.05, 0.1) is 6.04 Å². The molecule has 0 spiro atoms. The quantitative estimate of drug-likeness (QED) is 0.899. The third-order valence-electron chi connectivity index (χ3n) is 3.68. The van der Waals surface area contributed by atoms with Crippen molar-refractivity contribution in [1.29, 1.82) is 0 Å². The zero-order chi connectivity index (χ0) is 13.5. The molecule has 100 valence electrons. The van der Waals surface area contributed by atoms with Crippen molar-refractivity contribution < 1.29 is 4.74 Å². The van der Waals surface area contributed by atoms with Gasteiger partial charge in [0, 0.05) is 16.5 Å². The third-order valence-corrected chi connectivity index (χ3v) is 4.74. The monoisotopic (exact) mass is 273 g/mol. The zero-order valence-corrected chi connectivity index (χ0v) is 12.3. The Labute approximate surface area is 118 Å². The smallest absolute Gasteiger partial charge is 0.125 e. The number of para-hydroxylation sites is 1. The van der Waals surface area contributed by atoms with E-state index in [2.05, 4.69) is 61.8 Å². The van der Waals surface area contributed by atoms with E-state index >= 15 is 0 Å². The Balaban J connectivity index is 1.87. The fraction of sp³-hybridized carbons (Fsp3) is 0.375. The second-order valence-corrected chi connectivity index (χ2v) is 6.56. The van der Waals surface area contributed by atoms with Crippen molar-refractivity contribution in [3.63, 3.8) is 0 Å². The van der Waals surface area contributed by atoms with Crippen molar-refractivity contribution in [2.45, 2.75) is 38.5 Å². The molecule has 1 aliphatic rings. The molecule has 1 unspecified atom stereocenters.